The minimum Gasteiger partial charge on any atom is -0.346 e. The molecular weight excluding hydrogens is 292 g/mol. The number of halogens is 2. The molecule has 0 radical (unpaired) electrons. The molecule has 0 unspecified atom stereocenters. The van der Waals surface area contributed by atoms with Crippen molar-refractivity contribution in [3.8, 4) is 0 Å². The van der Waals surface area contributed by atoms with Crippen molar-refractivity contribution in [2.75, 3.05) is 18.0 Å². The summed E-state index contributed by atoms with van der Waals surface area (Å²) in [4.78, 5) is 2.22. The summed E-state index contributed by atoms with van der Waals surface area (Å²) < 4.78 is 26.1. The molecule has 1 saturated heterocycles. The topological polar surface area (TPSA) is 29.0 Å². The van der Waals surface area contributed by atoms with Gasteiger partial charge in [-0.05, 0) is 37.5 Å². The predicted molar refractivity (Wildman–Crippen MR) is 80.4 cm³/mol. The van der Waals surface area contributed by atoms with Crippen LogP contribution in [0.25, 0.3) is 6.08 Å². The Morgan fingerprint density at radius 1 is 1.14 bits per heavy atom. The molecule has 1 aliphatic rings. The van der Waals surface area contributed by atoms with Crippen molar-refractivity contribution in [2.24, 2.45) is 0 Å². The molecule has 1 aromatic carbocycles. The van der Waals surface area contributed by atoms with Gasteiger partial charge in [0.15, 0.2) is 11.6 Å². The van der Waals surface area contributed by atoms with E-state index in [2.05, 4.69) is 15.1 Å². The highest BCUT2D eigenvalue weighted by atomic mass is 32.1. The third-order valence-corrected chi connectivity index (χ3v) is 4.41. The van der Waals surface area contributed by atoms with Crippen LogP contribution in [-0.2, 0) is 0 Å². The zero-order valence-corrected chi connectivity index (χ0v) is 12.5. The summed E-state index contributed by atoms with van der Waals surface area (Å²) in [5.41, 5.74) is 1.96. The summed E-state index contributed by atoms with van der Waals surface area (Å²) in [6.07, 6.45) is 3.75. The van der Waals surface area contributed by atoms with Crippen molar-refractivity contribution >= 4 is 22.5 Å². The molecule has 110 valence electrons. The lowest BCUT2D eigenvalue weighted by Crippen LogP contribution is -2.30. The zero-order valence-electron chi connectivity index (χ0n) is 11.6. The van der Waals surface area contributed by atoms with Gasteiger partial charge in [0.25, 0.3) is 0 Å². The summed E-state index contributed by atoms with van der Waals surface area (Å²) in [7, 11) is 0. The highest BCUT2D eigenvalue weighted by Gasteiger charge is 2.17. The lowest BCUT2D eigenvalue weighted by atomic mass is 10.0. The Hall–Kier alpha value is -1.82. The average Bonchev–Trinajstić information content (AvgIpc) is 2.90. The second-order valence-corrected chi connectivity index (χ2v) is 6.23. The maximum absolute atomic E-state index is 13.2. The SMILES string of the molecule is Cc1nnc(N2CCC(=Cc3ccc(F)c(F)c3)CC2)s1. The van der Waals surface area contributed by atoms with E-state index in [-0.39, 0.29) is 0 Å². The standard InChI is InChI=1S/C15H15F2N3S/c1-10-18-19-15(21-10)20-6-4-11(5-7-20)8-12-2-3-13(16)14(17)9-12/h2-3,8-9H,4-7H2,1H3. The van der Waals surface area contributed by atoms with Gasteiger partial charge in [-0.2, -0.15) is 0 Å². The molecule has 0 atom stereocenters. The molecule has 1 aliphatic heterocycles. The van der Waals surface area contributed by atoms with E-state index in [1.54, 1.807) is 17.4 Å². The molecule has 1 aromatic heterocycles. The van der Waals surface area contributed by atoms with Gasteiger partial charge in [-0.3, -0.25) is 0 Å². The fourth-order valence-corrected chi connectivity index (χ4v) is 3.12. The van der Waals surface area contributed by atoms with E-state index in [9.17, 15) is 8.78 Å². The molecule has 1 fully saturated rings. The van der Waals surface area contributed by atoms with Gasteiger partial charge in [0.05, 0.1) is 0 Å². The number of rotatable bonds is 2. The largest absolute Gasteiger partial charge is 0.346 e. The molecule has 0 aliphatic carbocycles. The third kappa shape index (κ3) is 3.26. The number of hydrogen-bond acceptors (Lipinski definition) is 4. The van der Waals surface area contributed by atoms with Crippen LogP contribution in [-0.4, -0.2) is 23.3 Å². The Labute approximate surface area is 125 Å². The van der Waals surface area contributed by atoms with E-state index in [4.69, 9.17) is 0 Å². The van der Waals surface area contributed by atoms with E-state index in [0.29, 0.717) is 5.56 Å². The number of piperidine rings is 1. The fourth-order valence-electron chi connectivity index (χ4n) is 2.38. The van der Waals surface area contributed by atoms with E-state index in [1.807, 2.05) is 13.0 Å². The van der Waals surface area contributed by atoms with Gasteiger partial charge in [0.1, 0.15) is 5.01 Å². The normalized spacial score (nSPS) is 15.4. The average molecular weight is 307 g/mol. The lowest BCUT2D eigenvalue weighted by molar-refractivity contribution is 0.508. The molecule has 21 heavy (non-hydrogen) atoms. The molecule has 3 nitrogen and oxygen atoms in total. The summed E-state index contributed by atoms with van der Waals surface area (Å²) in [6, 6.07) is 4.01. The summed E-state index contributed by atoms with van der Waals surface area (Å²) in [5, 5.41) is 10.1. The number of aromatic nitrogens is 2. The Kier molecular flexibility index (Phi) is 3.96. The van der Waals surface area contributed by atoms with Gasteiger partial charge in [-0.25, -0.2) is 8.78 Å². The molecule has 0 N–H and O–H groups in total. The first-order valence-electron chi connectivity index (χ1n) is 6.81. The molecule has 2 heterocycles. The number of hydrogen-bond donors (Lipinski definition) is 0. The minimum absolute atomic E-state index is 0.712. The van der Waals surface area contributed by atoms with Crippen molar-refractivity contribution in [3.05, 3.63) is 46.0 Å². The molecule has 2 aromatic rings. The van der Waals surface area contributed by atoms with Gasteiger partial charge in [-0.1, -0.05) is 29.1 Å². The molecule has 0 amide bonds. The summed E-state index contributed by atoms with van der Waals surface area (Å²) in [6.45, 7) is 3.70. The first kappa shape index (κ1) is 14.1. The van der Waals surface area contributed by atoms with E-state index >= 15 is 0 Å². The molecular formula is C15H15F2N3S. The molecule has 0 bridgehead atoms. The molecule has 0 spiro atoms. The second kappa shape index (κ2) is 5.89. The number of benzene rings is 1. The van der Waals surface area contributed by atoms with Crippen molar-refractivity contribution < 1.29 is 8.78 Å². The predicted octanol–water partition coefficient (Wildman–Crippen LogP) is 3.81. The van der Waals surface area contributed by atoms with Crippen molar-refractivity contribution in [1.82, 2.24) is 10.2 Å². The van der Waals surface area contributed by atoms with Crippen LogP contribution in [0.2, 0.25) is 0 Å². The van der Waals surface area contributed by atoms with Gasteiger partial charge in [0.2, 0.25) is 5.13 Å². The van der Waals surface area contributed by atoms with Crippen LogP contribution in [0, 0.1) is 18.6 Å². The Morgan fingerprint density at radius 3 is 2.52 bits per heavy atom. The van der Waals surface area contributed by atoms with Crippen LogP contribution < -0.4 is 4.90 Å². The third-order valence-electron chi connectivity index (χ3n) is 3.51. The monoisotopic (exact) mass is 307 g/mol. The van der Waals surface area contributed by atoms with Gasteiger partial charge in [-0.15, -0.1) is 10.2 Å². The Balaban J connectivity index is 1.67. The number of anilines is 1. The van der Waals surface area contributed by atoms with E-state index in [1.165, 1.54) is 17.7 Å². The molecule has 0 saturated carbocycles. The van der Waals surface area contributed by atoms with Crippen molar-refractivity contribution in [1.29, 1.82) is 0 Å². The maximum Gasteiger partial charge on any atom is 0.208 e. The number of nitrogens with zero attached hydrogens (tertiary/aromatic N) is 3. The van der Waals surface area contributed by atoms with Gasteiger partial charge < -0.3 is 4.90 Å². The lowest BCUT2D eigenvalue weighted by Gasteiger charge is -2.27. The first-order valence-corrected chi connectivity index (χ1v) is 7.63. The minimum atomic E-state index is -0.807. The second-order valence-electron chi connectivity index (χ2n) is 5.07. The number of aryl methyl sites for hydroxylation is 1. The summed E-state index contributed by atoms with van der Waals surface area (Å²) >= 11 is 1.60. The highest BCUT2D eigenvalue weighted by molar-refractivity contribution is 7.15. The van der Waals surface area contributed by atoms with Crippen molar-refractivity contribution in [3.63, 3.8) is 0 Å². The van der Waals surface area contributed by atoms with Crippen LogP contribution in [0.1, 0.15) is 23.4 Å². The first-order chi connectivity index (χ1) is 10.1. The zero-order chi connectivity index (χ0) is 14.8. The van der Waals surface area contributed by atoms with E-state index in [0.717, 1.165) is 36.1 Å². The Bertz CT molecular complexity index is 671. The Morgan fingerprint density at radius 2 is 1.90 bits per heavy atom. The fraction of sp³-hybridized carbons (Fsp3) is 0.333. The van der Waals surface area contributed by atoms with Crippen LogP contribution in [0.15, 0.2) is 23.8 Å². The van der Waals surface area contributed by atoms with Crippen molar-refractivity contribution in [2.45, 2.75) is 19.8 Å². The van der Waals surface area contributed by atoms with E-state index < -0.39 is 11.6 Å². The van der Waals surface area contributed by atoms with Gasteiger partial charge in [0, 0.05) is 13.1 Å². The highest BCUT2D eigenvalue weighted by Crippen LogP contribution is 2.26. The smallest absolute Gasteiger partial charge is 0.208 e. The van der Waals surface area contributed by atoms with Gasteiger partial charge >= 0.3 is 0 Å². The van der Waals surface area contributed by atoms with Crippen LogP contribution >= 0.6 is 11.3 Å². The van der Waals surface area contributed by atoms with Crippen LogP contribution in [0.4, 0.5) is 13.9 Å². The molecule has 6 heteroatoms. The van der Waals surface area contributed by atoms with Crippen LogP contribution in [0.3, 0.4) is 0 Å². The quantitative estimate of drug-likeness (QED) is 0.845. The molecule has 3 rings (SSSR count). The maximum atomic E-state index is 13.2. The van der Waals surface area contributed by atoms with Crippen LogP contribution in [0.5, 0.6) is 0 Å². The summed E-state index contributed by atoms with van der Waals surface area (Å²) in [5.74, 6) is -1.61.